The van der Waals surface area contributed by atoms with Crippen molar-refractivity contribution in [2.75, 3.05) is 0 Å². The Morgan fingerprint density at radius 2 is 2.08 bits per heavy atom. The third-order valence-electron chi connectivity index (χ3n) is 3.53. The molecule has 0 saturated carbocycles. The number of amidine groups is 1. The number of thioether (sulfide) groups is 1. The molecule has 0 aliphatic carbocycles. The number of carbonyl (C=O) groups is 1. The summed E-state index contributed by atoms with van der Waals surface area (Å²) in [5, 5.41) is 24.0. The lowest BCUT2D eigenvalue weighted by Gasteiger charge is -2.01. The Hall–Kier alpha value is -2.84. The number of nitrogens with zero attached hydrogens (tertiary/aromatic N) is 2. The van der Waals surface area contributed by atoms with E-state index in [1.807, 2.05) is 6.92 Å². The van der Waals surface area contributed by atoms with Gasteiger partial charge in [-0.3, -0.25) is 14.9 Å². The van der Waals surface area contributed by atoms with Crippen LogP contribution in [0, 0.1) is 17.0 Å². The molecule has 0 radical (unpaired) electrons. The maximum Gasteiger partial charge on any atom is 0.311 e. The van der Waals surface area contributed by atoms with Crippen molar-refractivity contribution in [2.45, 2.75) is 6.92 Å². The van der Waals surface area contributed by atoms with Crippen molar-refractivity contribution in [2.24, 2.45) is 4.99 Å². The van der Waals surface area contributed by atoms with E-state index in [1.165, 1.54) is 24.3 Å². The average molecular weight is 390 g/mol. The van der Waals surface area contributed by atoms with E-state index in [1.54, 1.807) is 18.2 Å². The SMILES string of the molecule is Cc1cc(Cl)ccc1N=C1NC(=O)/C(=C/c2ccc(O)c([N+](=O)[O-])c2)S1. The van der Waals surface area contributed by atoms with Crippen LogP contribution in [-0.2, 0) is 4.79 Å². The number of nitro benzene ring substituents is 1. The molecular weight excluding hydrogens is 378 g/mol. The minimum absolute atomic E-state index is 0.343. The van der Waals surface area contributed by atoms with Gasteiger partial charge in [0.1, 0.15) is 0 Å². The Balaban J connectivity index is 1.88. The predicted octanol–water partition coefficient (Wildman–Crippen LogP) is 4.15. The molecule has 3 rings (SSSR count). The topological polar surface area (TPSA) is 105 Å². The zero-order chi connectivity index (χ0) is 18.8. The lowest BCUT2D eigenvalue weighted by molar-refractivity contribution is -0.385. The Morgan fingerprint density at radius 3 is 2.77 bits per heavy atom. The zero-order valence-corrected chi connectivity index (χ0v) is 15.0. The molecule has 2 N–H and O–H groups in total. The van der Waals surface area contributed by atoms with E-state index in [9.17, 15) is 20.0 Å². The second kappa shape index (κ2) is 7.19. The second-order valence-electron chi connectivity index (χ2n) is 5.42. The largest absolute Gasteiger partial charge is 0.502 e. The molecule has 0 spiro atoms. The van der Waals surface area contributed by atoms with Gasteiger partial charge in [-0.2, -0.15) is 0 Å². The molecule has 132 valence electrons. The number of phenols is 1. The summed E-state index contributed by atoms with van der Waals surface area (Å²) in [7, 11) is 0. The first-order chi connectivity index (χ1) is 12.3. The van der Waals surface area contributed by atoms with Gasteiger partial charge in [0, 0.05) is 11.1 Å². The third kappa shape index (κ3) is 3.87. The number of nitrogens with one attached hydrogen (secondary N) is 1. The molecule has 0 atom stereocenters. The summed E-state index contributed by atoms with van der Waals surface area (Å²) in [4.78, 5) is 27.1. The Bertz CT molecular complexity index is 988. The molecule has 1 saturated heterocycles. The number of aliphatic imine (C=N–C) groups is 1. The lowest BCUT2D eigenvalue weighted by Crippen LogP contribution is -2.19. The smallest absolute Gasteiger partial charge is 0.311 e. The average Bonchev–Trinajstić information content (AvgIpc) is 2.91. The highest BCUT2D eigenvalue weighted by molar-refractivity contribution is 8.18. The number of aromatic hydroxyl groups is 1. The summed E-state index contributed by atoms with van der Waals surface area (Å²) < 4.78 is 0. The minimum atomic E-state index is -0.685. The zero-order valence-electron chi connectivity index (χ0n) is 13.4. The number of aryl methyl sites for hydroxylation is 1. The fourth-order valence-electron chi connectivity index (χ4n) is 2.26. The second-order valence-corrected chi connectivity index (χ2v) is 6.88. The molecule has 1 aliphatic heterocycles. The van der Waals surface area contributed by atoms with E-state index >= 15 is 0 Å². The standard InChI is InChI=1S/C17H12ClN3O4S/c1-9-6-11(18)3-4-12(9)19-17-20-16(23)15(26-17)8-10-2-5-14(22)13(7-10)21(24)25/h2-8,22H,1H3,(H,19,20,23)/b15-8-. The molecule has 1 fully saturated rings. The number of carbonyl (C=O) groups excluding carboxylic acids is 1. The van der Waals surface area contributed by atoms with Crippen LogP contribution in [0.2, 0.25) is 5.02 Å². The maximum absolute atomic E-state index is 12.1. The first kappa shape index (κ1) is 18.0. The highest BCUT2D eigenvalue weighted by Crippen LogP contribution is 2.32. The van der Waals surface area contributed by atoms with Crippen molar-refractivity contribution in [3.05, 3.63) is 67.6 Å². The molecule has 2 aromatic carbocycles. The van der Waals surface area contributed by atoms with Crippen LogP contribution in [0.5, 0.6) is 5.75 Å². The van der Waals surface area contributed by atoms with Crippen molar-refractivity contribution in [3.63, 3.8) is 0 Å². The molecule has 0 aromatic heterocycles. The van der Waals surface area contributed by atoms with Gasteiger partial charge in [0.25, 0.3) is 5.91 Å². The molecule has 7 nitrogen and oxygen atoms in total. The summed E-state index contributed by atoms with van der Waals surface area (Å²) in [5.41, 5.74) is 1.55. The number of phenolic OH excluding ortho intramolecular Hbond substituents is 1. The van der Waals surface area contributed by atoms with E-state index in [0.717, 1.165) is 17.3 Å². The lowest BCUT2D eigenvalue weighted by atomic mass is 10.1. The van der Waals surface area contributed by atoms with Crippen molar-refractivity contribution in [1.82, 2.24) is 5.32 Å². The van der Waals surface area contributed by atoms with Crippen LogP contribution in [-0.4, -0.2) is 21.1 Å². The first-order valence-electron chi connectivity index (χ1n) is 7.36. The van der Waals surface area contributed by atoms with Crippen LogP contribution < -0.4 is 5.32 Å². The van der Waals surface area contributed by atoms with Crippen LogP contribution in [0.25, 0.3) is 6.08 Å². The van der Waals surface area contributed by atoms with Crippen LogP contribution in [0.1, 0.15) is 11.1 Å². The number of rotatable bonds is 3. The van der Waals surface area contributed by atoms with Gasteiger partial charge in [0.05, 0.1) is 15.5 Å². The van der Waals surface area contributed by atoms with Crippen molar-refractivity contribution < 1.29 is 14.8 Å². The van der Waals surface area contributed by atoms with Crippen LogP contribution in [0.15, 0.2) is 46.3 Å². The number of benzene rings is 2. The number of halogens is 1. The fraction of sp³-hybridized carbons (Fsp3) is 0.0588. The molecular formula is C17H12ClN3O4S. The number of hydrogen-bond acceptors (Lipinski definition) is 6. The summed E-state index contributed by atoms with van der Waals surface area (Å²) in [6.45, 7) is 1.86. The molecule has 1 heterocycles. The highest BCUT2D eigenvalue weighted by atomic mass is 35.5. The monoisotopic (exact) mass is 389 g/mol. The normalized spacial score (nSPS) is 16.9. The Morgan fingerprint density at radius 1 is 1.31 bits per heavy atom. The van der Waals surface area contributed by atoms with Gasteiger partial charge in [-0.1, -0.05) is 17.7 Å². The maximum atomic E-state index is 12.1. The van der Waals surface area contributed by atoms with Gasteiger partial charge in [-0.05, 0) is 60.2 Å². The van der Waals surface area contributed by atoms with Gasteiger partial charge in [0.2, 0.25) is 0 Å². The van der Waals surface area contributed by atoms with E-state index < -0.39 is 16.4 Å². The number of hydrogen-bond donors (Lipinski definition) is 2. The van der Waals surface area contributed by atoms with Gasteiger partial charge in [-0.25, -0.2) is 4.99 Å². The van der Waals surface area contributed by atoms with Crippen LogP contribution >= 0.6 is 23.4 Å². The van der Waals surface area contributed by atoms with E-state index in [-0.39, 0.29) is 5.91 Å². The number of amides is 1. The summed E-state index contributed by atoms with van der Waals surface area (Å²) in [5.74, 6) is -0.780. The Kier molecular flexibility index (Phi) is 4.97. The summed E-state index contributed by atoms with van der Waals surface area (Å²) in [6.07, 6.45) is 1.50. The number of nitro groups is 1. The summed E-state index contributed by atoms with van der Waals surface area (Å²) >= 11 is 7.04. The van der Waals surface area contributed by atoms with Gasteiger partial charge in [0.15, 0.2) is 10.9 Å². The molecule has 9 heteroatoms. The van der Waals surface area contributed by atoms with Crippen LogP contribution in [0.3, 0.4) is 0 Å². The van der Waals surface area contributed by atoms with Crippen molar-refractivity contribution in [1.29, 1.82) is 0 Å². The van der Waals surface area contributed by atoms with Crippen LogP contribution in [0.4, 0.5) is 11.4 Å². The molecule has 0 unspecified atom stereocenters. The van der Waals surface area contributed by atoms with E-state index in [4.69, 9.17) is 11.6 Å². The first-order valence-corrected chi connectivity index (χ1v) is 8.56. The van der Waals surface area contributed by atoms with Crippen molar-refractivity contribution in [3.8, 4) is 5.75 Å². The third-order valence-corrected chi connectivity index (χ3v) is 4.67. The highest BCUT2D eigenvalue weighted by Gasteiger charge is 2.24. The predicted molar refractivity (Wildman–Crippen MR) is 102 cm³/mol. The molecule has 26 heavy (non-hydrogen) atoms. The van der Waals surface area contributed by atoms with Gasteiger partial charge in [-0.15, -0.1) is 0 Å². The molecule has 1 aliphatic rings. The molecule has 2 aromatic rings. The minimum Gasteiger partial charge on any atom is -0.502 e. The molecule has 0 bridgehead atoms. The fourth-order valence-corrected chi connectivity index (χ4v) is 3.32. The molecule has 1 amide bonds. The van der Waals surface area contributed by atoms with E-state index in [0.29, 0.717) is 26.3 Å². The summed E-state index contributed by atoms with van der Waals surface area (Å²) in [6, 6.07) is 9.14. The van der Waals surface area contributed by atoms with Crippen molar-refractivity contribution >= 4 is 51.9 Å². The Labute approximate surface area is 157 Å². The van der Waals surface area contributed by atoms with Gasteiger partial charge < -0.3 is 10.4 Å². The quantitative estimate of drug-likeness (QED) is 0.466. The van der Waals surface area contributed by atoms with Gasteiger partial charge >= 0.3 is 5.69 Å². The van der Waals surface area contributed by atoms with E-state index in [2.05, 4.69) is 10.3 Å².